The fourth-order valence-corrected chi connectivity index (χ4v) is 2.06. The lowest BCUT2D eigenvalue weighted by Gasteiger charge is -2.25. The summed E-state index contributed by atoms with van der Waals surface area (Å²) in [6.45, 7) is 9.26. The van der Waals surface area contributed by atoms with Gasteiger partial charge < -0.3 is 10.6 Å². The molecular formula is C10H22N2. The lowest BCUT2D eigenvalue weighted by Crippen LogP contribution is -2.35. The molecule has 0 spiro atoms. The van der Waals surface area contributed by atoms with Crippen molar-refractivity contribution in [2.75, 3.05) is 13.1 Å². The molecule has 12 heavy (non-hydrogen) atoms. The molecule has 1 aliphatic heterocycles. The third kappa shape index (κ3) is 2.76. The summed E-state index contributed by atoms with van der Waals surface area (Å²) in [5.74, 6) is 0.889. The van der Waals surface area contributed by atoms with E-state index in [0.29, 0.717) is 12.1 Å². The van der Waals surface area contributed by atoms with Gasteiger partial charge in [-0.2, -0.15) is 0 Å². The summed E-state index contributed by atoms with van der Waals surface area (Å²) in [5.41, 5.74) is 5.77. The number of rotatable bonds is 3. The van der Waals surface area contributed by atoms with E-state index in [0.717, 1.165) is 12.3 Å². The molecule has 72 valence electrons. The predicted octanol–water partition coefficient (Wildman–Crippen LogP) is 1.45. The number of nitrogens with two attached hydrogens (primary N) is 1. The lowest BCUT2D eigenvalue weighted by atomic mass is 10.1. The van der Waals surface area contributed by atoms with Gasteiger partial charge in [-0.15, -0.1) is 0 Å². The highest BCUT2D eigenvalue weighted by atomic mass is 15.2. The number of likely N-dealkylation sites (tertiary alicyclic amines) is 1. The lowest BCUT2D eigenvalue weighted by molar-refractivity contribution is 0.232. The number of hydrogen-bond donors (Lipinski definition) is 1. The minimum Gasteiger partial charge on any atom is -0.328 e. The Balaban J connectivity index is 2.28. The van der Waals surface area contributed by atoms with Crippen molar-refractivity contribution >= 4 is 0 Å². The highest BCUT2D eigenvalue weighted by molar-refractivity contribution is 4.78. The molecule has 2 heteroatoms. The number of hydrogen-bond acceptors (Lipinski definition) is 2. The van der Waals surface area contributed by atoms with Crippen LogP contribution in [0.4, 0.5) is 0 Å². The second-order valence-electron chi connectivity index (χ2n) is 4.45. The first-order valence-corrected chi connectivity index (χ1v) is 5.09. The summed E-state index contributed by atoms with van der Waals surface area (Å²) in [6.07, 6.45) is 2.50. The summed E-state index contributed by atoms with van der Waals surface area (Å²) >= 11 is 0. The second-order valence-corrected chi connectivity index (χ2v) is 4.45. The van der Waals surface area contributed by atoms with Crippen LogP contribution in [0.15, 0.2) is 0 Å². The highest BCUT2D eigenvalue weighted by Gasteiger charge is 2.23. The third-order valence-corrected chi connectivity index (χ3v) is 2.79. The fourth-order valence-electron chi connectivity index (χ4n) is 2.06. The van der Waals surface area contributed by atoms with Crippen molar-refractivity contribution in [2.45, 2.75) is 45.7 Å². The van der Waals surface area contributed by atoms with E-state index in [2.05, 4.69) is 25.7 Å². The Morgan fingerprint density at radius 2 is 2.17 bits per heavy atom. The van der Waals surface area contributed by atoms with Gasteiger partial charge in [-0.3, -0.25) is 0 Å². The van der Waals surface area contributed by atoms with Crippen LogP contribution in [-0.2, 0) is 0 Å². The SMILES string of the molecule is CC(N)CC(C)N1CCC(C)C1. The Kier molecular flexibility index (Phi) is 3.53. The molecule has 3 atom stereocenters. The van der Waals surface area contributed by atoms with E-state index in [1.807, 2.05) is 0 Å². The molecule has 1 rings (SSSR count). The minimum atomic E-state index is 0.343. The van der Waals surface area contributed by atoms with Crippen molar-refractivity contribution in [1.29, 1.82) is 0 Å². The topological polar surface area (TPSA) is 29.3 Å². The van der Waals surface area contributed by atoms with Crippen molar-refractivity contribution in [3.8, 4) is 0 Å². The molecule has 0 aromatic rings. The van der Waals surface area contributed by atoms with Gasteiger partial charge in [0.05, 0.1) is 0 Å². The normalized spacial score (nSPS) is 30.5. The molecule has 0 amide bonds. The Morgan fingerprint density at radius 3 is 2.58 bits per heavy atom. The minimum absolute atomic E-state index is 0.343. The molecule has 2 N–H and O–H groups in total. The molecule has 0 saturated carbocycles. The van der Waals surface area contributed by atoms with E-state index in [1.54, 1.807) is 0 Å². The van der Waals surface area contributed by atoms with E-state index in [4.69, 9.17) is 5.73 Å². The Hall–Kier alpha value is -0.0800. The quantitative estimate of drug-likeness (QED) is 0.694. The number of nitrogens with zero attached hydrogens (tertiary/aromatic N) is 1. The van der Waals surface area contributed by atoms with Gasteiger partial charge in [0.15, 0.2) is 0 Å². The largest absolute Gasteiger partial charge is 0.328 e. The molecule has 1 saturated heterocycles. The van der Waals surface area contributed by atoms with Gasteiger partial charge in [0.25, 0.3) is 0 Å². The van der Waals surface area contributed by atoms with Crippen LogP contribution in [0.2, 0.25) is 0 Å². The molecule has 0 bridgehead atoms. The van der Waals surface area contributed by atoms with Gasteiger partial charge in [-0.25, -0.2) is 0 Å². The van der Waals surface area contributed by atoms with Crippen molar-refractivity contribution in [2.24, 2.45) is 11.7 Å². The van der Waals surface area contributed by atoms with E-state index in [1.165, 1.54) is 19.5 Å². The van der Waals surface area contributed by atoms with Gasteiger partial charge >= 0.3 is 0 Å². The average Bonchev–Trinajstić information content (AvgIpc) is 2.34. The van der Waals surface area contributed by atoms with E-state index in [-0.39, 0.29) is 0 Å². The molecule has 0 aliphatic carbocycles. The molecule has 1 fully saturated rings. The molecule has 0 aromatic heterocycles. The molecule has 0 aromatic carbocycles. The van der Waals surface area contributed by atoms with Crippen LogP contribution in [0.3, 0.4) is 0 Å². The first-order valence-electron chi connectivity index (χ1n) is 5.09. The van der Waals surface area contributed by atoms with Crippen molar-refractivity contribution in [1.82, 2.24) is 4.90 Å². The predicted molar refractivity (Wildman–Crippen MR) is 53.1 cm³/mol. The maximum Gasteiger partial charge on any atom is 0.00816 e. The van der Waals surface area contributed by atoms with Crippen LogP contribution in [-0.4, -0.2) is 30.1 Å². The molecule has 3 unspecified atom stereocenters. The van der Waals surface area contributed by atoms with Gasteiger partial charge in [0.1, 0.15) is 0 Å². The van der Waals surface area contributed by atoms with Gasteiger partial charge in [0, 0.05) is 18.6 Å². The zero-order valence-corrected chi connectivity index (χ0v) is 8.59. The van der Waals surface area contributed by atoms with Crippen LogP contribution in [0.5, 0.6) is 0 Å². The van der Waals surface area contributed by atoms with Gasteiger partial charge in [0.2, 0.25) is 0 Å². The Morgan fingerprint density at radius 1 is 1.50 bits per heavy atom. The highest BCUT2D eigenvalue weighted by Crippen LogP contribution is 2.19. The van der Waals surface area contributed by atoms with Crippen molar-refractivity contribution in [3.63, 3.8) is 0 Å². The standard InChI is InChI=1S/C10H22N2/c1-8-4-5-12(7-8)10(3)6-9(2)11/h8-10H,4-7,11H2,1-3H3. The Bertz CT molecular complexity index is 134. The first kappa shape index (κ1) is 10.0. The fraction of sp³-hybridized carbons (Fsp3) is 1.00. The van der Waals surface area contributed by atoms with Crippen LogP contribution in [0.25, 0.3) is 0 Å². The van der Waals surface area contributed by atoms with E-state index in [9.17, 15) is 0 Å². The van der Waals surface area contributed by atoms with Crippen molar-refractivity contribution in [3.05, 3.63) is 0 Å². The maximum absolute atomic E-state index is 5.77. The van der Waals surface area contributed by atoms with E-state index < -0.39 is 0 Å². The zero-order chi connectivity index (χ0) is 9.14. The Labute approximate surface area is 76.1 Å². The summed E-state index contributed by atoms with van der Waals surface area (Å²) < 4.78 is 0. The molecule has 2 nitrogen and oxygen atoms in total. The monoisotopic (exact) mass is 170 g/mol. The van der Waals surface area contributed by atoms with Crippen LogP contribution in [0, 0.1) is 5.92 Å². The van der Waals surface area contributed by atoms with Gasteiger partial charge in [-0.1, -0.05) is 6.92 Å². The molecule has 0 radical (unpaired) electrons. The molecule has 1 aliphatic rings. The maximum atomic E-state index is 5.77. The molecule has 1 heterocycles. The second kappa shape index (κ2) is 4.24. The van der Waals surface area contributed by atoms with Gasteiger partial charge in [-0.05, 0) is 39.2 Å². The summed E-state index contributed by atoms with van der Waals surface area (Å²) in [7, 11) is 0. The zero-order valence-electron chi connectivity index (χ0n) is 8.59. The summed E-state index contributed by atoms with van der Waals surface area (Å²) in [4.78, 5) is 2.56. The first-order chi connectivity index (χ1) is 5.59. The summed E-state index contributed by atoms with van der Waals surface area (Å²) in [5, 5.41) is 0. The van der Waals surface area contributed by atoms with Crippen LogP contribution >= 0.6 is 0 Å². The van der Waals surface area contributed by atoms with E-state index >= 15 is 0 Å². The van der Waals surface area contributed by atoms with Crippen LogP contribution in [0.1, 0.15) is 33.6 Å². The third-order valence-electron chi connectivity index (χ3n) is 2.79. The summed E-state index contributed by atoms with van der Waals surface area (Å²) in [6, 6.07) is 1.02. The van der Waals surface area contributed by atoms with Crippen LogP contribution < -0.4 is 5.73 Å². The average molecular weight is 170 g/mol. The smallest absolute Gasteiger partial charge is 0.00816 e. The molecular weight excluding hydrogens is 148 g/mol. The van der Waals surface area contributed by atoms with Crippen molar-refractivity contribution < 1.29 is 0 Å².